The van der Waals surface area contributed by atoms with E-state index in [1.165, 1.54) is 4.31 Å². The van der Waals surface area contributed by atoms with Crippen molar-refractivity contribution in [2.75, 3.05) is 26.2 Å². The molecule has 3 rings (SSSR count). The van der Waals surface area contributed by atoms with E-state index in [1.54, 1.807) is 36.4 Å². The Labute approximate surface area is 183 Å². The smallest absolute Gasteiger partial charge is 0.243 e. The molecule has 0 bridgehead atoms. The summed E-state index contributed by atoms with van der Waals surface area (Å²) < 4.78 is 27.6. The summed E-state index contributed by atoms with van der Waals surface area (Å²) in [6.07, 6.45) is 1.00. The van der Waals surface area contributed by atoms with Gasteiger partial charge in [0.05, 0.1) is 4.90 Å². The van der Waals surface area contributed by atoms with Gasteiger partial charge in [-0.25, -0.2) is 8.42 Å². The summed E-state index contributed by atoms with van der Waals surface area (Å²) in [6, 6.07) is 13.5. The number of nitrogens with two attached hydrogens (primary N) is 1. The second kappa shape index (κ2) is 9.47. The summed E-state index contributed by atoms with van der Waals surface area (Å²) in [5, 5.41) is 0.581. The minimum absolute atomic E-state index is 0.298. The lowest BCUT2D eigenvalue weighted by Crippen LogP contribution is -2.51. The Hall–Kier alpha value is -1.93. The van der Waals surface area contributed by atoms with Crippen molar-refractivity contribution in [3.05, 3.63) is 64.7 Å². The molecule has 1 aliphatic heterocycles. The number of carbonyl (C=O) groups excluding carboxylic acids is 1. The summed E-state index contributed by atoms with van der Waals surface area (Å²) >= 11 is 5.94. The van der Waals surface area contributed by atoms with Gasteiger partial charge in [0.1, 0.15) is 6.04 Å². The second-order valence-corrected chi connectivity index (χ2v) is 10.0. The van der Waals surface area contributed by atoms with Crippen molar-refractivity contribution in [3.63, 3.8) is 0 Å². The molecule has 1 amide bonds. The topological polar surface area (TPSA) is 83.7 Å². The number of primary amides is 1. The molecular weight excluding hydrogens is 422 g/mol. The lowest BCUT2D eigenvalue weighted by Gasteiger charge is -2.37. The van der Waals surface area contributed by atoms with Crippen LogP contribution in [-0.4, -0.2) is 49.7 Å². The maximum atomic E-state index is 13.1. The molecule has 30 heavy (non-hydrogen) atoms. The van der Waals surface area contributed by atoms with Gasteiger partial charge in [0, 0.05) is 31.2 Å². The van der Waals surface area contributed by atoms with E-state index in [0.29, 0.717) is 42.0 Å². The van der Waals surface area contributed by atoms with E-state index in [1.807, 2.05) is 17.0 Å². The van der Waals surface area contributed by atoms with Crippen molar-refractivity contribution in [2.24, 2.45) is 5.73 Å². The van der Waals surface area contributed by atoms with Crippen LogP contribution in [0.5, 0.6) is 0 Å². The van der Waals surface area contributed by atoms with Crippen molar-refractivity contribution in [3.8, 4) is 0 Å². The summed E-state index contributed by atoms with van der Waals surface area (Å²) in [6.45, 7) is 5.66. The number of rotatable bonds is 7. The van der Waals surface area contributed by atoms with Crippen molar-refractivity contribution < 1.29 is 13.2 Å². The maximum absolute atomic E-state index is 13.1. The van der Waals surface area contributed by atoms with Crippen LogP contribution in [0.25, 0.3) is 0 Å². The molecule has 2 atom stereocenters. The Bertz CT molecular complexity index is 970. The molecule has 1 saturated heterocycles. The number of benzene rings is 2. The molecule has 8 heteroatoms. The molecule has 1 heterocycles. The Morgan fingerprint density at radius 3 is 2.03 bits per heavy atom. The number of nitrogens with zero attached hydrogens (tertiary/aromatic N) is 2. The zero-order chi connectivity index (χ0) is 21.9. The highest BCUT2D eigenvalue weighted by Gasteiger charge is 2.33. The van der Waals surface area contributed by atoms with Gasteiger partial charge in [-0.15, -0.1) is 0 Å². The number of halogens is 1. The highest BCUT2D eigenvalue weighted by atomic mass is 35.5. The fourth-order valence-electron chi connectivity index (χ4n) is 3.76. The van der Waals surface area contributed by atoms with Crippen molar-refractivity contribution in [2.45, 2.75) is 37.1 Å². The van der Waals surface area contributed by atoms with Crippen LogP contribution >= 0.6 is 11.6 Å². The lowest BCUT2D eigenvalue weighted by atomic mass is 9.99. The molecule has 1 fully saturated rings. The first-order valence-electron chi connectivity index (χ1n) is 10.1. The van der Waals surface area contributed by atoms with Crippen LogP contribution in [0.4, 0.5) is 0 Å². The zero-order valence-corrected chi connectivity index (χ0v) is 18.9. The van der Waals surface area contributed by atoms with E-state index < -0.39 is 22.0 Å². The minimum atomic E-state index is -3.58. The number of hydrogen-bond acceptors (Lipinski definition) is 4. The molecule has 162 valence electrons. The minimum Gasteiger partial charge on any atom is -0.368 e. The van der Waals surface area contributed by atoms with E-state index in [0.717, 1.165) is 17.5 Å². The molecule has 0 aliphatic carbocycles. The van der Waals surface area contributed by atoms with Gasteiger partial charge >= 0.3 is 0 Å². The molecule has 2 N–H and O–H groups in total. The first-order chi connectivity index (χ1) is 14.2. The van der Waals surface area contributed by atoms with E-state index in [9.17, 15) is 13.2 Å². The van der Waals surface area contributed by atoms with Crippen LogP contribution in [0.1, 0.15) is 43.4 Å². The molecule has 1 aliphatic rings. The molecule has 0 radical (unpaired) electrons. The maximum Gasteiger partial charge on any atom is 0.243 e. The van der Waals surface area contributed by atoms with Gasteiger partial charge in [-0.2, -0.15) is 4.31 Å². The van der Waals surface area contributed by atoms with E-state index >= 15 is 0 Å². The van der Waals surface area contributed by atoms with E-state index in [4.69, 9.17) is 17.3 Å². The largest absolute Gasteiger partial charge is 0.368 e. The monoisotopic (exact) mass is 449 g/mol. The van der Waals surface area contributed by atoms with Crippen LogP contribution in [0.2, 0.25) is 5.02 Å². The normalized spacial score (nSPS) is 18.1. The third-order valence-electron chi connectivity index (χ3n) is 5.79. The summed E-state index contributed by atoms with van der Waals surface area (Å²) in [5.74, 6) is -0.0711. The predicted molar refractivity (Wildman–Crippen MR) is 119 cm³/mol. The summed E-state index contributed by atoms with van der Waals surface area (Å²) in [7, 11) is -3.58. The Balaban J connectivity index is 1.71. The molecule has 2 aromatic carbocycles. The Morgan fingerprint density at radius 2 is 1.53 bits per heavy atom. The highest BCUT2D eigenvalue weighted by molar-refractivity contribution is 7.89. The zero-order valence-electron chi connectivity index (χ0n) is 17.3. The van der Waals surface area contributed by atoms with Crippen molar-refractivity contribution in [1.82, 2.24) is 9.21 Å². The van der Waals surface area contributed by atoms with Gasteiger partial charge in [-0.05, 0) is 47.7 Å². The van der Waals surface area contributed by atoms with Crippen LogP contribution in [0, 0.1) is 0 Å². The molecule has 6 nitrogen and oxygen atoms in total. The van der Waals surface area contributed by atoms with Gasteiger partial charge in [0.15, 0.2) is 0 Å². The third-order valence-corrected chi connectivity index (χ3v) is 7.96. The van der Waals surface area contributed by atoms with Gasteiger partial charge in [0.2, 0.25) is 15.9 Å². The van der Waals surface area contributed by atoms with Crippen LogP contribution in [0.15, 0.2) is 53.4 Å². The summed E-state index contributed by atoms with van der Waals surface area (Å²) in [5.41, 5.74) is 7.54. The summed E-state index contributed by atoms with van der Waals surface area (Å²) in [4.78, 5) is 14.3. The van der Waals surface area contributed by atoms with Gasteiger partial charge in [0.25, 0.3) is 0 Å². The molecule has 2 aromatic rings. The van der Waals surface area contributed by atoms with Crippen LogP contribution in [0.3, 0.4) is 0 Å². The first kappa shape index (κ1) is 22.7. The first-order valence-corrected chi connectivity index (χ1v) is 11.9. The average molecular weight is 450 g/mol. The average Bonchev–Trinajstić information content (AvgIpc) is 2.75. The van der Waals surface area contributed by atoms with Crippen LogP contribution < -0.4 is 5.73 Å². The predicted octanol–water partition coefficient (Wildman–Crippen LogP) is 3.39. The number of amides is 1. The standard InChI is InChI=1S/C22H28ClN3O3S/c1-3-16(2)17-6-10-20(11-7-17)30(28,29)26-14-12-25(13-15-26)21(22(24)27)18-4-8-19(23)9-5-18/h4-11,16,21H,3,12-15H2,1-2H3,(H2,24,27)/t16-,21-/m1/s1. The lowest BCUT2D eigenvalue weighted by molar-refractivity contribution is -0.124. The number of sulfonamides is 1. The number of hydrogen-bond donors (Lipinski definition) is 1. The highest BCUT2D eigenvalue weighted by Crippen LogP contribution is 2.26. The third kappa shape index (κ3) is 4.86. The number of piperazine rings is 1. The molecule has 0 saturated carbocycles. The van der Waals surface area contributed by atoms with Gasteiger partial charge < -0.3 is 5.73 Å². The Kier molecular flexibility index (Phi) is 7.18. The fourth-order valence-corrected chi connectivity index (χ4v) is 5.30. The van der Waals surface area contributed by atoms with Crippen molar-refractivity contribution >= 4 is 27.5 Å². The molecule has 0 unspecified atom stereocenters. The van der Waals surface area contributed by atoms with E-state index in [-0.39, 0.29) is 0 Å². The molecule has 0 spiro atoms. The molecule has 0 aromatic heterocycles. The quantitative estimate of drug-likeness (QED) is 0.702. The van der Waals surface area contributed by atoms with Crippen molar-refractivity contribution in [1.29, 1.82) is 0 Å². The fraction of sp³-hybridized carbons (Fsp3) is 0.409. The van der Waals surface area contributed by atoms with Crippen LogP contribution in [-0.2, 0) is 14.8 Å². The molecular formula is C22H28ClN3O3S. The van der Waals surface area contributed by atoms with Gasteiger partial charge in [-0.1, -0.05) is 49.7 Å². The van der Waals surface area contributed by atoms with E-state index in [2.05, 4.69) is 13.8 Å². The second-order valence-electron chi connectivity index (χ2n) is 7.67. The van der Waals surface area contributed by atoms with Gasteiger partial charge in [-0.3, -0.25) is 9.69 Å². The Morgan fingerprint density at radius 1 is 1.00 bits per heavy atom. The SMILES string of the molecule is CC[C@@H](C)c1ccc(S(=O)(=O)N2CCN([C@@H](C(N)=O)c3ccc(Cl)cc3)CC2)cc1. The number of carbonyl (C=O) groups is 1.